The molecule has 0 aromatic heterocycles. The first-order valence-electron chi connectivity index (χ1n) is 10.4. The van der Waals surface area contributed by atoms with Crippen LogP contribution in [-0.4, -0.2) is 0 Å². The summed E-state index contributed by atoms with van der Waals surface area (Å²) < 4.78 is 2.30. The fourth-order valence-electron chi connectivity index (χ4n) is 5.95. The van der Waals surface area contributed by atoms with Gasteiger partial charge in [-0.3, -0.25) is 0 Å². The highest BCUT2D eigenvalue weighted by atomic mass is 79.9. The predicted octanol–water partition coefficient (Wildman–Crippen LogP) is 8.71. The van der Waals surface area contributed by atoms with Gasteiger partial charge in [-0.1, -0.05) is 117 Å². The van der Waals surface area contributed by atoms with E-state index in [9.17, 15) is 0 Å². The van der Waals surface area contributed by atoms with E-state index in [1.807, 2.05) is 0 Å². The van der Waals surface area contributed by atoms with Crippen LogP contribution in [0.15, 0.2) is 106 Å². The Morgan fingerprint density at radius 2 is 1.03 bits per heavy atom. The second-order valence-electron chi connectivity index (χ2n) is 8.33. The van der Waals surface area contributed by atoms with Gasteiger partial charge in [0.15, 0.2) is 0 Å². The zero-order valence-electron chi connectivity index (χ0n) is 16.5. The van der Waals surface area contributed by atoms with Crippen molar-refractivity contribution in [1.29, 1.82) is 0 Å². The van der Waals surface area contributed by atoms with Gasteiger partial charge < -0.3 is 0 Å². The fourth-order valence-corrected chi connectivity index (χ4v) is 7.11. The van der Waals surface area contributed by atoms with Crippen molar-refractivity contribution in [2.24, 2.45) is 0 Å². The van der Waals surface area contributed by atoms with Crippen molar-refractivity contribution in [3.05, 3.63) is 128 Å². The standard InChI is InChI=1S/C29H16Br2/c30-25-15-7-14-23-28(25)20-11-4-6-13-22(20)29(23)21-12-5-3-10-19(21)27-18-9-2-1-8-17(18)26(31)16-24(27)29/h1-16H. The number of benzene rings is 5. The maximum atomic E-state index is 3.91. The van der Waals surface area contributed by atoms with Gasteiger partial charge in [0.05, 0.1) is 5.41 Å². The van der Waals surface area contributed by atoms with E-state index < -0.39 is 0 Å². The molecule has 2 aliphatic rings. The van der Waals surface area contributed by atoms with Crippen LogP contribution in [0.3, 0.4) is 0 Å². The molecule has 2 aliphatic carbocycles. The smallest absolute Gasteiger partial charge is 0.0619 e. The highest BCUT2D eigenvalue weighted by Crippen LogP contribution is 2.64. The summed E-state index contributed by atoms with van der Waals surface area (Å²) in [6, 6.07) is 35.6. The van der Waals surface area contributed by atoms with Crippen molar-refractivity contribution in [3.63, 3.8) is 0 Å². The van der Waals surface area contributed by atoms with Crippen molar-refractivity contribution in [1.82, 2.24) is 0 Å². The van der Waals surface area contributed by atoms with Gasteiger partial charge in [0.25, 0.3) is 0 Å². The maximum Gasteiger partial charge on any atom is 0.0726 e. The monoisotopic (exact) mass is 522 g/mol. The lowest BCUT2D eigenvalue weighted by Gasteiger charge is -2.30. The molecule has 5 aromatic carbocycles. The highest BCUT2D eigenvalue weighted by molar-refractivity contribution is 9.11. The molecule has 5 aromatic rings. The molecule has 0 bridgehead atoms. The van der Waals surface area contributed by atoms with E-state index >= 15 is 0 Å². The topological polar surface area (TPSA) is 0 Å². The molecule has 2 heteroatoms. The lowest BCUT2D eigenvalue weighted by Crippen LogP contribution is -2.25. The zero-order valence-corrected chi connectivity index (χ0v) is 19.7. The van der Waals surface area contributed by atoms with Gasteiger partial charge in [-0.25, -0.2) is 0 Å². The molecule has 0 nitrogen and oxygen atoms in total. The zero-order chi connectivity index (χ0) is 20.7. The molecule has 0 amide bonds. The Morgan fingerprint density at radius 3 is 1.77 bits per heavy atom. The minimum absolute atomic E-state index is 0.311. The minimum atomic E-state index is -0.311. The molecule has 1 unspecified atom stereocenters. The molecule has 0 saturated heterocycles. The van der Waals surface area contributed by atoms with Crippen LogP contribution in [0, 0.1) is 0 Å². The van der Waals surface area contributed by atoms with Gasteiger partial charge in [-0.05, 0) is 61.8 Å². The summed E-state index contributed by atoms with van der Waals surface area (Å²) in [6.45, 7) is 0. The summed E-state index contributed by atoms with van der Waals surface area (Å²) in [7, 11) is 0. The van der Waals surface area contributed by atoms with Crippen LogP contribution in [0.2, 0.25) is 0 Å². The Morgan fingerprint density at radius 1 is 0.452 bits per heavy atom. The van der Waals surface area contributed by atoms with E-state index in [0.717, 1.165) is 8.95 Å². The Balaban J connectivity index is 1.77. The van der Waals surface area contributed by atoms with Crippen LogP contribution in [0.4, 0.5) is 0 Å². The van der Waals surface area contributed by atoms with Gasteiger partial charge in [0.2, 0.25) is 0 Å². The minimum Gasteiger partial charge on any atom is -0.0619 e. The van der Waals surface area contributed by atoms with Crippen LogP contribution in [0.1, 0.15) is 22.3 Å². The number of hydrogen-bond acceptors (Lipinski definition) is 0. The van der Waals surface area contributed by atoms with E-state index in [0.29, 0.717) is 0 Å². The van der Waals surface area contributed by atoms with Crippen LogP contribution in [-0.2, 0) is 5.41 Å². The first-order chi connectivity index (χ1) is 15.2. The molecular weight excluding hydrogens is 508 g/mol. The third-order valence-electron chi connectivity index (χ3n) is 7.02. The molecular formula is C29H16Br2. The molecule has 1 spiro atoms. The Kier molecular flexibility index (Phi) is 3.58. The SMILES string of the molecule is Brc1cccc2c1-c1ccccc1C21c2ccccc2-c2c1cc(Br)c1ccccc21. The van der Waals surface area contributed by atoms with Crippen molar-refractivity contribution >= 4 is 42.6 Å². The van der Waals surface area contributed by atoms with Crippen LogP contribution < -0.4 is 0 Å². The lowest BCUT2D eigenvalue weighted by molar-refractivity contribution is 0.793. The van der Waals surface area contributed by atoms with Crippen molar-refractivity contribution in [2.75, 3.05) is 0 Å². The number of halogens is 2. The lowest BCUT2D eigenvalue weighted by atomic mass is 9.70. The van der Waals surface area contributed by atoms with E-state index in [1.54, 1.807) is 0 Å². The number of rotatable bonds is 0. The molecule has 31 heavy (non-hydrogen) atoms. The summed E-state index contributed by atoms with van der Waals surface area (Å²) in [5.74, 6) is 0. The van der Waals surface area contributed by atoms with Crippen LogP contribution >= 0.6 is 31.9 Å². The highest BCUT2D eigenvalue weighted by Gasteiger charge is 2.52. The molecule has 0 heterocycles. The van der Waals surface area contributed by atoms with E-state index in [4.69, 9.17) is 0 Å². The summed E-state index contributed by atoms with van der Waals surface area (Å²) >= 11 is 7.78. The average Bonchev–Trinajstić information content (AvgIpc) is 3.27. The van der Waals surface area contributed by atoms with Gasteiger partial charge in [-0.15, -0.1) is 0 Å². The normalized spacial score (nSPS) is 17.5. The molecule has 0 saturated carbocycles. The average molecular weight is 524 g/mol. The van der Waals surface area contributed by atoms with E-state index in [1.165, 1.54) is 55.3 Å². The molecule has 0 N–H and O–H groups in total. The predicted molar refractivity (Wildman–Crippen MR) is 136 cm³/mol. The van der Waals surface area contributed by atoms with Crippen molar-refractivity contribution < 1.29 is 0 Å². The van der Waals surface area contributed by atoms with E-state index in [-0.39, 0.29) is 5.41 Å². The van der Waals surface area contributed by atoms with Gasteiger partial charge in [0, 0.05) is 14.5 Å². The summed E-state index contributed by atoms with van der Waals surface area (Å²) in [6.07, 6.45) is 0. The molecule has 0 fully saturated rings. The van der Waals surface area contributed by atoms with Gasteiger partial charge in [0.1, 0.15) is 0 Å². The number of hydrogen-bond donors (Lipinski definition) is 0. The van der Waals surface area contributed by atoms with Gasteiger partial charge in [-0.2, -0.15) is 0 Å². The Bertz CT molecular complexity index is 1560. The molecule has 0 radical (unpaired) electrons. The van der Waals surface area contributed by atoms with Gasteiger partial charge >= 0.3 is 0 Å². The van der Waals surface area contributed by atoms with E-state index in [2.05, 4.69) is 129 Å². The number of fused-ring (bicyclic) bond motifs is 12. The first-order valence-corrected chi connectivity index (χ1v) is 12.0. The molecule has 7 rings (SSSR count). The van der Waals surface area contributed by atoms with Crippen LogP contribution in [0.5, 0.6) is 0 Å². The largest absolute Gasteiger partial charge is 0.0726 e. The maximum absolute atomic E-state index is 3.91. The summed E-state index contributed by atoms with van der Waals surface area (Å²) in [5.41, 5.74) is 10.5. The quantitative estimate of drug-likeness (QED) is 0.186. The van der Waals surface area contributed by atoms with Crippen molar-refractivity contribution in [3.8, 4) is 22.3 Å². The Hall–Kier alpha value is -2.68. The fraction of sp³-hybridized carbons (Fsp3) is 0.0345. The Labute approximate surface area is 197 Å². The summed E-state index contributed by atoms with van der Waals surface area (Å²) in [4.78, 5) is 0. The second kappa shape index (κ2) is 6.18. The molecule has 1 atom stereocenters. The molecule has 146 valence electrons. The molecule has 0 aliphatic heterocycles. The third-order valence-corrected chi connectivity index (χ3v) is 8.33. The van der Waals surface area contributed by atoms with Crippen LogP contribution in [0.25, 0.3) is 33.0 Å². The summed E-state index contributed by atoms with van der Waals surface area (Å²) in [5, 5.41) is 2.56. The van der Waals surface area contributed by atoms with Crippen molar-refractivity contribution in [2.45, 2.75) is 5.41 Å². The second-order valence-corrected chi connectivity index (χ2v) is 10.0. The first kappa shape index (κ1) is 17.9. The third kappa shape index (κ3) is 2.06.